The molecule has 0 saturated heterocycles. The molecule has 0 amide bonds. The van der Waals surface area contributed by atoms with E-state index >= 15 is 0 Å². The summed E-state index contributed by atoms with van der Waals surface area (Å²) in [5.74, 6) is -22.5. The van der Waals surface area contributed by atoms with Gasteiger partial charge in [0.25, 0.3) is 0 Å². The lowest BCUT2D eigenvalue weighted by Crippen LogP contribution is -2.60. The molecule has 0 spiro atoms. The van der Waals surface area contributed by atoms with E-state index in [1.165, 1.54) is 0 Å². The average Bonchev–Trinajstić information content (AvgIpc) is 2.66. The van der Waals surface area contributed by atoms with Gasteiger partial charge in [0.05, 0.1) is 0 Å². The van der Waals surface area contributed by atoms with Gasteiger partial charge in [-0.1, -0.05) is 0 Å². The smallest absolute Gasteiger partial charge is 0.469 e. The highest BCUT2D eigenvalue weighted by molar-refractivity contribution is 6.90. The van der Waals surface area contributed by atoms with Crippen molar-refractivity contribution in [1.82, 2.24) is 0 Å². The summed E-state index contributed by atoms with van der Waals surface area (Å²) < 4.78 is 129. The molecule has 0 aromatic rings. The van der Waals surface area contributed by atoms with E-state index in [4.69, 9.17) is 17.5 Å². The van der Waals surface area contributed by atoms with Gasteiger partial charge in [-0.2, -0.15) is 26.3 Å². The van der Waals surface area contributed by atoms with Crippen molar-refractivity contribution >= 4 is 45.7 Å². The Kier molecular flexibility index (Phi) is 13.1. The van der Waals surface area contributed by atoms with Gasteiger partial charge in [-0.05, 0) is 71.8 Å². The molecule has 0 saturated carbocycles. The minimum atomic E-state index is -6.58. The van der Waals surface area contributed by atoms with Gasteiger partial charge in [0, 0.05) is 17.7 Å². The van der Waals surface area contributed by atoms with E-state index in [2.05, 4.69) is 4.74 Å². The Morgan fingerprint density at radius 3 is 1.52 bits per heavy atom. The summed E-state index contributed by atoms with van der Waals surface area (Å²) >= 11 is 0. The Morgan fingerprint density at radius 2 is 1.20 bits per heavy atom. The van der Waals surface area contributed by atoms with Gasteiger partial charge in [-0.3, -0.25) is 0 Å². The molecule has 19 heteroatoms. The highest BCUT2D eigenvalue weighted by Crippen LogP contribution is 2.48. The summed E-state index contributed by atoms with van der Waals surface area (Å²) in [7, 11) is -10.4. The molecule has 0 radical (unpaired) electrons. The molecule has 0 aliphatic rings. The zero-order valence-corrected chi connectivity index (χ0v) is 27.9. The number of hydrogen-bond acceptors (Lipinski definition) is 6. The van der Waals surface area contributed by atoms with E-state index in [1.807, 2.05) is 58.9 Å². The molecule has 40 heavy (non-hydrogen) atoms. The van der Waals surface area contributed by atoms with Crippen LogP contribution in [0.4, 0.5) is 35.1 Å². The first-order chi connectivity index (χ1) is 17.5. The zero-order chi connectivity index (χ0) is 32.2. The minimum Gasteiger partial charge on any atom is -0.478 e. The number of carbonyl (C=O) groups is 2. The van der Waals surface area contributed by atoms with Crippen LogP contribution in [0.1, 0.15) is 12.8 Å². The van der Waals surface area contributed by atoms with Crippen molar-refractivity contribution in [3.05, 3.63) is 11.6 Å². The number of rotatable bonds is 17. The van der Waals surface area contributed by atoms with Crippen molar-refractivity contribution in [2.75, 3.05) is 6.61 Å². The second-order valence-corrected chi connectivity index (χ2v) is 29.0. The molecule has 0 rings (SSSR count). The van der Waals surface area contributed by atoms with E-state index < -0.39 is 88.5 Å². The van der Waals surface area contributed by atoms with Crippen LogP contribution in [-0.2, 0) is 26.7 Å². The molecule has 0 aromatic carbocycles. The summed E-state index contributed by atoms with van der Waals surface area (Å²) in [6.45, 7) is 14.4. The van der Waals surface area contributed by atoms with Crippen molar-refractivity contribution in [3.63, 3.8) is 0 Å². The Labute approximate surface area is 233 Å². The van der Waals surface area contributed by atoms with E-state index in [0.717, 1.165) is 0 Å². The van der Waals surface area contributed by atoms with Gasteiger partial charge >= 0.3 is 44.9 Å². The Hall–Kier alpha value is -1.13. The molecule has 0 heterocycles. The molecule has 236 valence electrons. The van der Waals surface area contributed by atoms with Crippen molar-refractivity contribution in [1.29, 1.82) is 0 Å². The molecule has 0 aromatic heterocycles. The standard InChI is InChI=1S/C21H38F8O7Si4/c1-37(2,3)34-40(35-38(4,5)6,36-39(7,8)9)12-10-11-15(13-16(30)31)17(32)33-14-19(24,25)21(28,29)20(26,27)18(22)23/h13,18H,10-12,14H2,1-9H3,(H,30,31)/b15-13+. The van der Waals surface area contributed by atoms with Crippen LogP contribution < -0.4 is 0 Å². The molecular formula is C21H38F8O7Si4. The summed E-state index contributed by atoms with van der Waals surface area (Å²) in [4.78, 5) is 23.6. The fourth-order valence-electron chi connectivity index (χ4n) is 3.21. The van der Waals surface area contributed by atoms with Crippen molar-refractivity contribution in [2.24, 2.45) is 0 Å². The number of carbonyl (C=O) groups excluding carboxylic acids is 1. The largest absolute Gasteiger partial charge is 0.478 e. The van der Waals surface area contributed by atoms with Gasteiger partial charge in [-0.15, -0.1) is 0 Å². The summed E-state index contributed by atoms with van der Waals surface area (Å²) in [5.41, 5.74) is -0.760. The van der Waals surface area contributed by atoms with Crippen LogP contribution in [0.25, 0.3) is 0 Å². The van der Waals surface area contributed by atoms with E-state index in [9.17, 15) is 44.7 Å². The predicted molar refractivity (Wildman–Crippen MR) is 141 cm³/mol. The molecular weight excluding hydrogens is 629 g/mol. The minimum absolute atomic E-state index is 0.0458. The number of esters is 1. The number of carboxylic acids is 1. The predicted octanol–water partition coefficient (Wildman–Crippen LogP) is 6.99. The first kappa shape index (κ1) is 38.9. The summed E-state index contributed by atoms with van der Waals surface area (Å²) in [6.07, 6.45) is -5.34. The molecule has 0 aliphatic heterocycles. The maximum Gasteiger partial charge on any atom is 0.469 e. The monoisotopic (exact) mass is 666 g/mol. The molecule has 0 fully saturated rings. The Morgan fingerprint density at radius 1 is 0.800 bits per heavy atom. The van der Waals surface area contributed by atoms with Crippen molar-refractivity contribution in [2.45, 2.75) is 102 Å². The van der Waals surface area contributed by atoms with Crippen molar-refractivity contribution < 1.29 is 66.9 Å². The van der Waals surface area contributed by atoms with Gasteiger partial charge in [0.2, 0.25) is 0 Å². The molecule has 0 unspecified atom stereocenters. The molecule has 1 N–H and O–H groups in total. The van der Waals surface area contributed by atoms with Crippen molar-refractivity contribution in [3.8, 4) is 0 Å². The van der Waals surface area contributed by atoms with Gasteiger partial charge in [-0.25, -0.2) is 18.4 Å². The Bertz CT molecular complexity index is 873. The fraction of sp³-hybridized carbons (Fsp3) is 0.810. The quantitative estimate of drug-likeness (QED) is 0.0775. The van der Waals surface area contributed by atoms with Crippen LogP contribution in [-0.4, -0.2) is 81.6 Å². The third-order valence-electron chi connectivity index (χ3n) is 4.41. The fourth-order valence-corrected chi connectivity index (χ4v) is 17.9. The van der Waals surface area contributed by atoms with Crippen LogP contribution in [0.2, 0.25) is 65.0 Å². The van der Waals surface area contributed by atoms with Gasteiger partial charge < -0.3 is 22.2 Å². The molecule has 0 atom stereocenters. The maximum absolute atomic E-state index is 13.8. The number of carboxylic acid groups (broad SMARTS) is 1. The van der Waals surface area contributed by atoms with Crippen LogP contribution in [0, 0.1) is 0 Å². The van der Waals surface area contributed by atoms with E-state index in [1.54, 1.807) is 0 Å². The first-order valence-corrected chi connectivity index (χ1v) is 24.3. The second-order valence-electron chi connectivity index (χ2n) is 12.0. The number of alkyl halides is 8. The number of aliphatic carboxylic acids is 1. The van der Waals surface area contributed by atoms with Crippen LogP contribution in [0.3, 0.4) is 0 Å². The van der Waals surface area contributed by atoms with Gasteiger partial charge in [0.1, 0.15) is 0 Å². The first-order valence-electron chi connectivity index (χ1n) is 12.1. The second kappa shape index (κ2) is 13.4. The maximum atomic E-state index is 13.8. The molecule has 0 bridgehead atoms. The SMILES string of the molecule is C[Si](C)(C)O[Si](CCC/C(=C\C(=O)O)C(=O)OCC(F)(F)C(F)(F)C(F)(F)C(F)F)(O[Si](C)(C)C)O[Si](C)(C)C. The molecule has 7 nitrogen and oxygen atoms in total. The summed E-state index contributed by atoms with van der Waals surface area (Å²) in [6, 6.07) is 0.0743. The number of hydrogen-bond donors (Lipinski definition) is 1. The average molecular weight is 667 g/mol. The lowest BCUT2D eigenvalue weighted by Gasteiger charge is -2.43. The highest BCUT2D eigenvalue weighted by atomic mass is 28.5. The molecule has 0 aliphatic carbocycles. The normalized spacial score (nSPS) is 15.0. The van der Waals surface area contributed by atoms with E-state index in [0.29, 0.717) is 0 Å². The number of halogens is 8. The summed E-state index contributed by atoms with van der Waals surface area (Å²) in [5, 5.41) is 9.09. The van der Waals surface area contributed by atoms with Crippen LogP contribution >= 0.6 is 0 Å². The topological polar surface area (TPSA) is 91.3 Å². The lowest BCUT2D eigenvalue weighted by molar-refractivity contribution is -0.344. The lowest BCUT2D eigenvalue weighted by atomic mass is 10.1. The highest BCUT2D eigenvalue weighted by Gasteiger charge is 2.75. The third kappa shape index (κ3) is 12.4. The van der Waals surface area contributed by atoms with Gasteiger partial charge in [0.15, 0.2) is 31.6 Å². The van der Waals surface area contributed by atoms with Crippen LogP contribution in [0.5, 0.6) is 0 Å². The van der Waals surface area contributed by atoms with Crippen LogP contribution in [0.15, 0.2) is 11.6 Å². The Balaban J connectivity index is 5.97. The number of ether oxygens (including phenoxy) is 1. The third-order valence-corrected chi connectivity index (χ3v) is 16.5. The van der Waals surface area contributed by atoms with E-state index in [-0.39, 0.29) is 18.5 Å². The zero-order valence-electron chi connectivity index (χ0n) is 23.9.